The molecule has 0 radical (unpaired) electrons. The predicted molar refractivity (Wildman–Crippen MR) is 41.3 cm³/mol. The molecule has 0 heterocycles. The van der Waals surface area contributed by atoms with Gasteiger partial charge >= 0.3 is 5.97 Å². The van der Waals surface area contributed by atoms with Crippen molar-refractivity contribution in [3.8, 4) is 0 Å². The second kappa shape index (κ2) is 3.81. The number of aliphatic hydroxyl groups is 2. The Balaban J connectivity index is 4.37. The molecule has 0 saturated heterocycles. The first-order valence-corrected chi connectivity index (χ1v) is 3.39. The van der Waals surface area contributed by atoms with Crippen molar-refractivity contribution in [2.24, 2.45) is 11.5 Å². The SMILES string of the molecule is C[C@@](N)(CO)[C@H](O)[C@H](N)C(=O)O. The fraction of sp³-hybridized carbons (Fsp3) is 0.833. The Kier molecular flexibility index (Phi) is 3.59. The van der Waals surface area contributed by atoms with Crippen LogP contribution in [0.3, 0.4) is 0 Å². The number of hydrogen-bond acceptors (Lipinski definition) is 5. The molecule has 3 atom stereocenters. The van der Waals surface area contributed by atoms with Gasteiger partial charge in [-0.1, -0.05) is 0 Å². The number of carboxylic acid groups (broad SMARTS) is 1. The van der Waals surface area contributed by atoms with Crippen LogP contribution in [0.2, 0.25) is 0 Å². The molecule has 0 bridgehead atoms. The first-order valence-electron chi connectivity index (χ1n) is 3.39. The molecular formula is C6H14N2O4. The van der Waals surface area contributed by atoms with Crippen molar-refractivity contribution >= 4 is 5.97 Å². The molecule has 0 aromatic carbocycles. The molecule has 0 unspecified atom stereocenters. The molecule has 6 nitrogen and oxygen atoms in total. The minimum Gasteiger partial charge on any atom is -0.480 e. The fourth-order valence-corrected chi connectivity index (χ4v) is 0.639. The van der Waals surface area contributed by atoms with Crippen LogP contribution in [0, 0.1) is 0 Å². The summed E-state index contributed by atoms with van der Waals surface area (Å²) in [7, 11) is 0. The molecule has 0 saturated carbocycles. The highest BCUT2D eigenvalue weighted by atomic mass is 16.4. The maximum atomic E-state index is 10.3. The first kappa shape index (κ1) is 11.3. The molecule has 0 spiro atoms. The minimum absolute atomic E-state index is 0.533. The van der Waals surface area contributed by atoms with E-state index in [-0.39, 0.29) is 0 Å². The predicted octanol–water partition coefficient (Wildman–Crippen LogP) is -2.53. The molecule has 0 fully saturated rings. The van der Waals surface area contributed by atoms with Gasteiger partial charge in [0.1, 0.15) is 6.04 Å². The monoisotopic (exact) mass is 178 g/mol. The average molecular weight is 178 g/mol. The third-order valence-electron chi connectivity index (χ3n) is 1.64. The van der Waals surface area contributed by atoms with E-state index in [0.717, 1.165) is 0 Å². The fourth-order valence-electron chi connectivity index (χ4n) is 0.639. The highest BCUT2D eigenvalue weighted by Crippen LogP contribution is 2.08. The lowest BCUT2D eigenvalue weighted by Crippen LogP contribution is -2.60. The van der Waals surface area contributed by atoms with Gasteiger partial charge in [0.25, 0.3) is 0 Å². The topological polar surface area (TPSA) is 130 Å². The molecular weight excluding hydrogens is 164 g/mol. The van der Waals surface area contributed by atoms with Crippen molar-refractivity contribution in [1.29, 1.82) is 0 Å². The lowest BCUT2D eigenvalue weighted by molar-refractivity contribution is -0.142. The van der Waals surface area contributed by atoms with Gasteiger partial charge in [-0.2, -0.15) is 0 Å². The molecule has 12 heavy (non-hydrogen) atoms. The van der Waals surface area contributed by atoms with Crippen LogP contribution in [-0.2, 0) is 4.79 Å². The molecule has 0 aliphatic heterocycles. The zero-order valence-electron chi connectivity index (χ0n) is 6.77. The van der Waals surface area contributed by atoms with E-state index in [1.54, 1.807) is 0 Å². The van der Waals surface area contributed by atoms with Gasteiger partial charge in [0.2, 0.25) is 0 Å². The number of aliphatic hydroxyl groups excluding tert-OH is 2. The maximum Gasteiger partial charge on any atom is 0.323 e. The number of rotatable bonds is 4. The summed E-state index contributed by atoms with van der Waals surface area (Å²) in [5, 5.41) is 26.3. The van der Waals surface area contributed by atoms with Crippen molar-refractivity contribution in [2.75, 3.05) is 6.61 Å². The maximum absolute atomic E-state index is 10.3. The molecule has 0 aromatic heterocycles. The van der Waals surface area contributed by atoms with Crippen LogP contribution in [0.4, 0.5) is 0 Å². The van der Waals surface area contributed by atoms with Crippen molar-refractivity contribution < 1.29 is 20.1 Å². The average Bonchev–Trinajstić information content (AvgIpc) is 2.01. The van der Waals surface area contributed by atoms with E-state index in [0.29, 0.717) is 0 Å². The van der Waals surface area contributed by atoms with E-state index in [2.05, 4.69) is 0 Å². The largest absolute Gasteiger partial charge is 0.480 e. The van der Waals surface area contributed by atoms with E-state index in [1.165, 1.54) is 6.92 Å². The molecule has 0 amide bonds. The molecule has 0 aliphatic carbocycles. The highest BCUT2D eigenvalue weighted by molar-refractivity contribution is 5.74. The first-order chi connectivity index (χ1) is 5.33. The van der Waals surface area contributed by atoms with Crippen LogP contribution in [-0.4, -0.2) is 45.6 Å². The van der Waals surface area contributed by atoms with Crippen molar-refractivity contribution in [3.05, 3.63) is 0 Å². The molecule has 72 valence electrons. The number of carbonyl (C=O) groups is 1. The van der Waals surface area contributed by atoms with E-state index in [9.17, 15) is 9.90 Å². The zero-order chi connectivity index (χ0) is 9.94. The third kappa shape index (κ3) is 2.42. The lowest BCUT2D eigenvalue weighted by atomic mass is 9.92. The van der Waals surface area contributed by atoms with E-state index in [1.807, 2.05) is 0 Å². The Hall–Kier alpha value is -0.690. The third-order valence-corrected chi connectivity index (χ3v) is 1.64. The highest BCUT2D eigenvalue weighted by Gasteiger charge is 2.36. The number of hydrogen-bond donors (Lipinski definition) is 5. The van der Waals surface area contributed by atoms with Gasteiger partial charge in [0, 0.05) is 0 Å². The van der Waals surface area contributed by atoms with Gasteiger partial charge in [-0.25, -0.2) is 0 Å². The van der Waals surface area contributed by atoms with Gasteiger partial charge < -0.3 is 26.8 Å². The Morgan fingerprint density at radius 1 is 1.67 bits per heavy atom. The summed E-state index contributed by atoms with van der Waals surface area (Å²) in [6, 6.07) is -1.48. The second-order valence-corrected chi connectivity index (χ2v) is 2.97. The van der Waals surface area contributed by atoms with E-state index in [4.69, 9.17) is 21.7 Å². The van der Waals surface area contributed by atoms with Crippen LogP contribution < -0.4 is 11.5 Å². The van der Waals surface area contributed by atoms with Gasteiger partial charge in [-0.15, -0.1) is 0 Å². The number of nitrogens with two attached hydrogens (primary N) is 2. The lowest BCUT2D eigenvalue weighted by Gasteiger charge is -2.30. The van der Waals surface area contributed by atoms with Crippen molar-refractivity contribution in [2.45, 2.75) is 24.6 Å². The molecule has 7 N–H and O–H groups in total. The summed E-state index contributed by atoms with van der Waals surface area (Å²) < 4.78 is 0. The van der Waals surface area contributed by atoms with Crippen molar-refractivity contribution in [3.63, 3.8) is 0 Å². The normalized spacial score (nSPS) is 21.1. The summed E-state index contributed by atoms with van der Waals surface area (Å²) >= 11 is 0. The molecule has 0 aromatic rings. The Morgan fingerprint density at radius 3 is 2.33 bits per heavy atom. The van der Waals surface area contributed by atoms with Crippen LogP contribution >= 0.6 is 0 Å². The summed E-state index contributed by atoms with van der Waals surface area (Å²) in [5.74, 6) is -1.35. The second-order valence-electron chi connectivity index (χ2n) is 2.97. The summed E-state index contributed by atoms with van der Waals surface area (Å²) in [4.78, 5) is 10.3. The quantitative estimate of drug-likeness (QED) is 0.322. The van der Waals surface area contributed by atoms with Gasteiger partial charge in [-0.3, -0.25) is 4.79 Å². The van der Waals surface area contributed by atoms with Gasteiger partial charge in [-0.05, 0) is 6.92 Å². The molecule has 0 aliphatic rings. The number of aliphatic carboxylic acids is 1. The minimum atomic E-state index is -1.48. The van der Waals surface area contributed by atoms with Crippen LogP contribution in [0.5, 0.6) is 0 Å². The van der Waals surface area contributed by atoms with Crippen molar-refractivity contribution in [1.82, 2.24) is 0 Å². The van der Waals surface area contributed by atoms with Crippen LogP contribution in [0.25, 0.3) is 0 Å². The molecule has 0 rings (SSSR count). The Bertz CT molecular complexity index is 171. The summed E-state index contributed by atoms with van der Waals surface area (Å²) in [5.41, 5.74) is 9.04. The van der Waals surface area contributed by atoms with E-state index >= 15 is 0 Å². The van der Waals surface area contributed by atoms with Gasteiger partial charge in [0.15, 0.2) is 0 Å². The smallest absolute Gasteiger partial charge is 0.323 e. The van der Waals surface area contributed by atoms with Gasteiger partial charge in [0.05, 0.1) is 18.2 Å². The Morgan fingerprint density at radius 2 is 2.08 bits per heavy atom. The summed E-state index contributed by atoms with van der Waals surface area (Å²) in [6.07, 6.45) is -1.47. The standard InChI is InChI=1S/C6H14N2O4/c1-6(8,2-9)4(10)3(7)5(11)12/h3-4,9-10H,2,7-8H2,1H3,(H,11,12)/t3-,4+,6+/m0/s1. The van der Waals surface area contributed by atoms with Crippen LogP contribution in [0.15, 0.2) is 0 Å². The Labute approximate surface area is 69.8 Å². The summed E-state index contributed by atoms with van der Waals surface area (Å²) in [6.45, 7) is 0.787. The van der Waals surface area contributed by atoms with E-state index < -0.39 is 30.3 Å². The number of carboxylic acids is 1. The van der Waals surface area contributed by atoms with Crippen LogP contribution in [0.1, 0.15) is 6.92 Å². The molecule has 6 heteroatoms. The zero-order valence-corrected chi connectivity index (χ0v) is 6.77.